The van der Waals surface area contributed by atoms with E-state index in [-0.39, 0.29) is 18.7 Å². The van der Waals surface area contributed by atoms with Crippen LogP contribution in [0.2, 0.25) is 5.02 Å². The van der Waals surface area contributed by atoms with Crippen molar-refractivity contribution in [2.75, 3.05) is 19.8 Å². The van der Waals surface area contributed by atoms with Gasteiger partial charge < -0.3 is 9.47 Å². The second-order valence-electron chi connectivity index (χ2n) is 6.87. The van der Waals surface area contributed by atoms with E-state index in [1.165, 1.54) is 12.1 Å². The molecule has 6 nitrogen and oxygen atoms in total. The molecule has 0 bridgehead atoms. The molecule has 0 aromatic heterocycles. The molecule has 3 rings (SSSR count). The molecular formula is C23H26ClFN4O2. The van der Waals surface area contributed by atoms with Crippen molar-refractivity contribution in [2.24, 2.45) is 15.1 Å². The van der Waals surface area contributed by atoms with E-state index in [2.05, 4.69) is 20.5 Å². The number of halogens is 2. The number of ether oxygens (including phenoxy) is 2. The van der Waals surface area contributed by atoms with Gasteiger partial charge in [0.2, 0.25) is 0 Å². The van der Waals surface area contributed by atoms with E-state index in [0.29, 0.717) is 47.5 Å². The first-order valence-corrected chi connectivity index (χ1v) is 10.6. The van der Waals surface area contributed by atoms with E-state index in [4.69, 9.17) is 21.1 Å². The van der Waals surface area contributed by atoms with Gasteiger partial charge in [-0.1, -0.05) is 29.8 Å². The van der Waals surface area contributed by atoms with Gasteiger partial charge in [0.25, 0.3) is 0 Å². The van der Waals surface area contributed by atoms with Gasteiger partial charge in [-0.25, -0.2) is 9.38 Å². The molecule has 1 aliphatic heterocycles. The maximum Gasteiger partial charge on any atom is 0.162 e. The summed E-state index contributed by atoms with van der Waals surface area (Å²) in [6.45, 7) is 7.10. The summed E-state index contributed by atoms with van der Waals surface area (Å²) in [4.78, 5) is 9.29. The first-order chi connectivity index (χ1) is 15.0. The predicted molar refractivity (Wildman–Crippen MR) is 123 cm³/mol. The highest BCUT2D eigenvalue weighted by atomic mass is 35.5. The van der Waals surface area contributed by atoms with Crippen LogP contribution in [0, 0.1) is 5.82 Å². The zero-order valence-electron chi connectivity index (χ0n) is 17.9. The summed E-state index contributed by atoms with van der Waals surface area (Å²) in [5.74, 6) is 0.176. The molecule has 0 radical (unpaired) electrons. The zero-order chi connectivity index (χ0) is 22.2. The molecule has 0 amide bonds. The fourth-order valence-electron chi connectivity index (χ4n) is 3.14. The zero-order valence-corrected chi connectivity index (χ0v) is 18.6. The SMILES string of the molecule is CCOC(CC(C)=NNC1=Nc2ccc(F)cc2C(c2ccccc2Cl)=NC1)OCC. The topological polar surface area (TPSA) is 67.6 Å². The van der Waals surface area contributed by atoms with Gasteiger partial charge in [0, 0.05) is 41.5 Å². The van der Waals surface area contributed by atoms with Crippen LogP contribution in [0.1, 0.15) is 38.3 Å². The van der Waals surface area contributed by atoms with Crippen LogP contribution >= 0.6 is 11.6 Å². The number of hydrogen-bond donors (Lipinski definition) is 1. The molecule has 0 unspecified atom stereocenters. The van der Waals surface area contributed by atoms with Gasteiger partial charge in [-0.3, -0.25) is 10.4 Å². The molecule has 0 spiro atoms. The molecule has 0 atom stereocenters. The Morgan fingerprint density at radius 2 is 1.90 bits per heavy atom. The van der Waals surface area contributed by atoms with Crippen molar-refractivity contribution in [2.45, 2.75) is 33.5 Å². The van der Waals surface area contributed by atoms with Crippen molar-refractivity contribution in [3.05, 3.63) is 64.4 Å². The van der Waals surface area contributed by atoms with Gasteiger partial charge in [0.05, 0.1) is 17.9 Å². The van der Waals surface area contributed by atoms with Crippen molar-refractivity contribution >= 4 is 34.5 Å². The second kappa shape index (κ2) is 11.1. The van der Waals surface area contributed by atoms with Crippen LogP contribution in [0.15, 0.2) is 57.6 Å². The van der Waals surface area contributed by atoms with Crippen LogP contribution in [0.5, 0.6) is 0 Å². The van der Waals surface area contributed by atoms with Crippen LogP contribution in [-0.4, -0.2) is 43.3 Å². The predicted octanol–water partition coefficient (Wildman–Crippen LogP) is 5.11. The fraction of sp³-hybridized carbons (Fsp3) is 0.348. The Labute approximate surface area is 186 Å². The Morgan fingerprint density at radius 3 is 2.61 bits per heavy atom. The smallest absolute Gasteiger partial charge is 0.162 e. The van der Waals surface area contributed by atoms with Crippen LogP contribution in [0.25, 0.3) is 0 Å². The first kappa shape index (κ1) is 23.1. The van der Waals surface area contributed by atoms with Gasteiger partial charge in [0.1, 0.15) is 11.7 Å². The van der Waals surface area contributed by atoms with Gasteiger partial charge >= 0.3 is 0 Å². The number of rotatable bonds is 8. The molecule has 31 heavy (non-hydrogen) atoms. The number of fused-ring (bicyclic) bond motifs is 1. The monoisotopic (exact) mass is 444 g/mol. The maximum absolute atomic E-state index is 14.0. The molecule has 164 valence electrons. The molecule has 2 aromatic carbocycles. The van der Waals surface area contributed by atoms with Crippen molar-refractivity contribution in [3.8, 4) is 0 Å². The van der Waals surface area contributed by atoms with E-state index >= 15 is 0 Å². The van der Waals surface area contributed by atoms with E-state index in [1.807, 2.05) is 39.0 Å². The highest BCUT2D eigenvalue weighted by Gasteiger charge is 2.19. The molecule has 2 aromatic rings. The molecule has 0 saturated heterocycles. The molecule has 8 heteroatoms. The van der Waals surface area contributed by atoms with Gasteiger partial charge in [-0.05, 0) is 45.0 Å². The quantitative estimate of drug-likeness (QED) is 0.349. The highest BCUT2D eigenvalue weighted by molar-refractivity contribution is 6.36. The third-order valence-corrected chi connectivity index (χ3v) is 4.86. The number of amidine groups is 1. The van der Waals surface area contributed by atoms with Crippen molar-refractivity contribution in [1.82, 2.24) is 5.43 Å². The highest BCUT2D eigenvalue weighted by Crippen LogP contribution is 2.28. The Morgan fingerprint density at radius 1 is 1.16 bits per heavy atom. The molecular weight excluding hydrogens is 419 g/mol. The minimum absolute atomic E-state index is 0.244. The maximum atomic E-state index is 14.0. The Bertz CT molecular complexity index is 1000. The lowest BCUT2D eigenvalue weighted by molar-refractivity contribution is -0.130. The lowest BCUT2D eigenvalue weighted by Gasteiger charge is -2.16. The van der Waals surface area contributed by atoms with Crippen LogP contribution in [0.4, 0.5) is 10.1 Å². The average Bonchev–Trinajstić information content (AvgIpc) is 2.92. The normalized spacial score (nSPS) is 14.1. The van der Waals surface area contributed by atoms with Crippen molar-refractivity contribution in [3.63, 3.8) is 0 Å². The van der Waals surface area contributed by atoms with Gasteiger partial charge in [-0.2, -0.15) is 5.10 Å². The summed E-state index contributed by atoms with van der Waals surface area (Å²) in [6, 6.07) is 11.8. The molecule has 1 N–H and O–H groups in total. The lowest BCUT2D eigenvalue weighted by Crippen LogP contribution is -2.25. The molecule has 1 heterocycles. The number of benzene rings is 2. The van der Waals surface area contributed by atoms with E-state index in [9.17, 15) is 4.39 Å². The summed E-state index contributed by atoms with van der Waals surface area (Å²) < 4.78 is 25.1. The summed E-state index contributed by atoms with van der Waals surface area (Å²) in [7, 11) is 0. The van der Waals surface area contributed by atoms with E-state index in [1.54, 1.807) is 12.1 Å². The summed E-state index contributed by atoms with van der Waals surface area (Å²) in [6.07, 6.45) is 0.183. The summed E-state index contributed by atoms with van der Waals surface area (Å²) in [5.41, 5.74) is 6.28. The summed E-state index contributed by atoms with van der Waals surface area (Å²) in [5, 5.41) is 4.95. The lowest BCUT2D eigenvalue weighted by atomic mass is 10.0. The fourth-order valence-corrected chi connectivity index (χ4v) is 3.37. The third kappa shape index (κ3) is 6.19. The van der Waals surface area contributed by atoms with Gasteiger partial charge in [-0.15, -0.1) is 0 Å². The van der Waals surface area contributed by atoms with Crippen LogP contribution in [0.3, 0.4) is 0 Å². The molecule has 0 saturated carbocycles. The van der Waals surface area contributed by atoms with Crippen LogP contribution < -0.4 is 5.43 Å². The summed E-state index contributed by atoms with van der Waals surface area (Å²) >= 11 is 6.38. The Hall–Kier alpha value is -2.61. The average molecular weight is 445 g/mol. The second-order valence-corrected chi connectivity index (χ2v) is 7.28. The largest absolute Gasteiger partial charge is 0.353 e. The number of hydrazone groups is 1. The standard InChI is InChI=1S/C23H26ClFN4O2/c1-4-30-22(31-5-2)12-15(3)28-29-21-14-26-23(17-8-6-7-9-19(17)24)18-13-16(25)10-11-20(18)27-21/h6-11,13,22H,4-5,12,14H2,1-3H3,(H,27,29). The minimum atomic E-state index is -0.364. The number of aliphatic imine (C=N–C) groups is 2. The Kier molecular flexibility index (Phi) is 8.28. The number of nitrogens with zero attached hydrogens (tertiary/aromatic N) is 3. The van der Waals surface area contributed by atoms with E-state index in [0.717, 1.165) is 11.3 Å². The molecule has 1 aliphatic rings. The van der Waals surface area contributed by atoms with Crippen LogP contribution in [-0.2, 0) is 9.47 Å². The molecule has 0 aliphatic carbocycles. The van der Waals surface area contributed by atoms with E-state index < -0.39 is 0 Å². The molecule has 0 fully saturated rings. The third-order valence-electron chi connectivity index (χ3n) is 4.53. The van der Waals surface area contributed by atoms with Crippen molar-refractivity contribution in [1.29, 1.82) is 0 Å². The minimum Gasteiger partial charge on any atom is -0.353 e. The Balaban J connectivity index is 1.85. The van der Waals surface area contributed by atoms with Crippen molar-refractivity contribution < 1.29 is 13.9 Å². The number of hydrogen-bond acceptors (Lipinski definition) is 6. The first-order valence-electron chi connectivity index (χ1n) is 10.2. The van der Waals surface area contributed by atoms with Gasteiger partial charge in [0.15, 0.2) is 6.29 Å². The number of nitrogens with one attached hydrogen (secondary N) is 1.